The summed E-state index contributed by atoms with van der Waals surface area (Å²) < 4.78 is 15.8. The molecule has 2 aromatic rings. The van der Waals surface area contributed by atoms with Crippen LogP contribution in [0.5, 0.6) is 11.5 Å². The van der Waals surface area contributed by atoms with Crippen molar-refractivity contribution in [2.45, 2.75) is 0 Å². The van der Waals surface area contributed by atoms with E-state index in [1.165, 1.54) is 6.08 Å². The van der Waals surface area contributed by atoms with E-state index in [0.29, 0.717) is 35.4 Å². The zero-order valence-corrected chi connectivity index (χ0v) is 14.5. The number of hydrogen-bond acceptors (Lipinski definition) is 5. The van der Waals surface area contributed by atoms with Crippen molar-refractivity contribution >= 4 is 35.2 Å². The van der Waals surface area contributed by atoms with E-state index in [1.807, 2.05) is 0 Å². The third kappa shape index (κ3) is 5.00. The molecule has 0 saturated heterocycles. The molecule has 3 rings (SSSR count). The molecule has 1 heterocycles. The smallest absolute Gasteiger partial charge is 0.331 e. The topological polar surface area (TPSA) is 73.9 Å². The molecule has 2 aromatic carbocycles. The summed E-state index contributed by atoms with van der Waals surface area (Å²) in [6.45, 7) is 0.561. The van der Waals surface area contributed by atoms with E-state index in [2.05, 4.69) is 5.32 Å². The number of nitrogens with one attached hydrogen (secondary N) is 1. The predicted molar refractivity (Wildman–Crippen MR) is 97.5 cm³/mol. The Hall–Kier alpha value is -2.99. The SMILES string of the molecule is O=C(COC(=O)/C=C/c1cccc(Cl)c1)Nc1ccc2c(c1)OCCO2. The molecule has 0 saturated carbocycles. The van der Waals surface area contributed by atoms with Gasteiger partial charge >= 0.3 is 5.97 Å². The number of rotatable bonds is 5. The van der Waals surface area contributed by atoms with Gasteiger partial charge in [0.15, 0.2) is 18.1 Å². The van der Waals surface area contributed by atoms with Crippen LogP contribution in [-0.2, 0) is 14.3 Å². The number of esters is 1. The first-order valence-electron chi connectivity index (χ1n) is 7.90. The largest absolute Gasteiger partial charge is 0.486 e. The minimum absolute atomic E-state index is 0.396. The Bertz CT molecular complexity index is 850. The highest BCUT2D eigenvalue weighted by Gasteiger charge is 2.13. The number of carbonyl (C=O) groups excluding carboxylic acids is 2. The summed E-state index contributed by atoms with van der Waals surface area (Å²) in [4.78, 5) is 23.6. The third-order valence-corrected chi connectivity index (χ3v) is 3.67. The molecule has 0 unspecified atom stereocenters. The van der Waals surface area contributed by atoms with E-state index >= 15 is 0 Å². The number of halogens is 1. The van der Waals surface area contributed by atoms with Crippen LogP contribution in [0, 0.1) is 0 Å². The Balaban J connectivity index is 1.48. The van der Waals surface area contributed by atoms with E-state index in [9.17, 15) is 9.59 Å². The summed E-state index contributed by atoms with van der Waals surface area (Å²) in [6.07, 6.45) is 2.80. The Morgan fingerprint density at radius 3 is 2.73 bits per heavy atom. The van der Waals surface area contributed by atoms with Crippen molar-refractivity contribution in [1.82, 2.24) is 0 Å². The van der Waals surface area contributed by atoms with Crippen molar-refractivity contribution < 1.29 is 23.8 Å². The zero-order valence-electron chi connectivity index (χ0n) is 13.7. The van der Waals surface area contributed by atoms with Gasteiger partial charge in [0.05, 0.1) is 0 Å². The van der Waals surface area contributed by atoms with Gasteiger partial charge in [-0.2, -0.15) is 0 Å². The quantitative estimate of drug-likeness (QED) is 0.643. The van der Waals surface area contributed by atoms with Gasteiger partial charge < -0.3 is 19.5 Å². The van der Waals surface area contributed by atoms with Gasteiger partial charge in [-0.05, 0) is 35.9 Å². The van der Waals surface area contributed by atoms with Crippen LogP contribution in [0.15, 0.2) is 48.5 Å². The van der Waals surface area contributed by atoms with E-state index in [-0.39, 0.29) is 0 Å². The Labute approximate surface area is 155 Å². The highest BCUT2D eigenvalue weighted by Crippen LogP contribution is 2.32. The first-order chi connectivity index (χ1) is 12.6. The van der Waals surface area contributed by atoms with Crippen LogP contribution in [0.4, 0.5) is 5.69 Å². The molecule has 26 heavy (non-hydrogen) atoms. The lowest BCUT2D eigenvalue weighted by Gasteiger charge is -2.18. The summed E-state index contributed by atoms with van der Waals surface area (Å²) >= 11 is 5.86. The van der Waals surface area contributed by atoms with E-state index in [1.54, 1.807) is 48.5 Å². The highest BCUT2D eigenvalue weighted by molar-refractivity contribution is 6.30. The molecule has 6 nitrogen and oxygen atoms in total. The zero-order chi connectivity index (χ0) is 18.4. The lowest BCUT2D eigenvalue weighted by molar-refractivity contribution is -0.142. The summed E-state index contributed by atoms with van der Waals surface area (Å²) in [5, 5.41) is 3.20. The first-order valence-corrected chi connectivity index (χ1v) is 8.28. The molecule has 1 N–H and O–H groups in total. The average Bonchev–Trinajstić information content (AvgIpc) is 2.65. The lowest BCUT2D eigenvalue weighted by atomic mass is 10.2. The number of fused-ring (bicyclic) bond motifs is 1. The molecule has 0 radical (unpaired) electrons. The van der Waals surface area contributed by atoms with Gasteiger partial charge in [-0.25, -0.2) is 4.79 Å². The molecule has 1 aliphatic rings. The number of hydrogen-bond donors (Lipinski definition) is 1. The van der Waals surface area contributed by atoms with Crippen molar-refractivity contribution in [3.63, 3.8) is 0 Å². The van der Waals surface area contributed by atoms with Gasteiger partial charge in [0.25, 0.3) is 5.91 Å². The maximum Gasteiger partial charge on any atom is 0.331 e. The number of benzene rings is 2. The Kier molecular flexibility index (Phi) is 5.76. The third-order valence-electron chi connectivity index (χ3n) is 3.43. The maximum atomic E-state index is 11.9. The molecule has 1 aliphatic heterocycles. The minimum Gasteiger partial charge on any atom is -0.486 e. The molecule has 0 fully saturated rings. The normalized spacial score (nSPS) is 12.7. The average molecular weight is 374 g/mol. The minimum atomic E-state index is -0.623. The van der Waals surface area contributed by atoms with Crippen LogP contribution < -0.4 is 14.8 Å². The van der Waals surface area contributed by atoms with Crippen LogP contribution >= 0.6 is 11.6 Å². The Morgan fingerprint density at radius 1 is 1.12 bits per heavy atom. The molecule has 0 aromatic heterocycles. The number of amides is 1. The van der Waals surface area contributed by atoms with Crippen LogP contribution in [0.25, 0.3) is 6.08 Å². The second-order valence-electron chi connectivity index (χ2n) is 5.40. The molecule has 1 amide bonds. The summed E-state index contributed by atoms with van der Waals surface area (Å²) in [7, 11) is 0. The second-order valence-corrected chi connectivity index (χ2v) is 5.84. The van der Waals surface area contributed by atoms with Gasteiger partial charge in [-0.15, -0.1) is 0 Å². The highest BCUT2D eigenvalue weighted by atomic mass is 35.5. The van der Waals surface area contributed by atoms with Gasteiger partial charge in [-0.1, -0.05) is 23.7 Å². The van der Waals surface area contributed by atoms with Crippen LogP contribution in [0.1, 0.15) is 5.56 Å². The molecule has 0 bridgehead atoms. The van der Waals surface area contributed by atoms with Crippen molar-refractivity contribution in [2.24, 2.45) is 0 Å². The first kappa shape index (κ1) is 17.8. The van der Waals surface area contributed by atoms with Gasteiger partial charge in [0.1, 0.15) is 13.2 Å². The van der Waals surface area contributed by atoms with Gasteiger partial charge in [-0.3, -0.25) is 4.79 Å². The number of carbonyl (C=O) groups is 2. The molecular formula is C19H16ClNO5. The van der Waals surface area contributed by atoms with E-state index < -0.39 is 18.5 Å². The van der Waals surface area contributed by atoms with Crippen LogP contribution in [-0.4, -0.2) is 31.7 Å². The van der Waals surface area contributed by atoms with Crippen molar-refractivity contribution in [2.75, 3.05) is 25.1 Å². The molecular weight excluding hydrogens is 358 g/mol. The van der Waals surface area contributed by atoms with Crippen molar-refractivity contribution in [1.29, 1.82) is 0 Å². The molecule has 0 atom stereocenters. The monoisotopic (exact) mass is 373 g/mol. The Morgan fingerprint density at radius 2 is 1.92 bits per heavy atom. The summed E-state index contributed by atoms with van der Waals surface area (Å²) in [6, 6.07) is 12.1. The second kappa shape index (κ2) is 8.40. The van der Waals surface area contributed by atoms with Crippen LogP contribution in [0.2, 0.25) is 5.02 Å². The van der Waals surface area contributed by atoms with Crippen LogP contribution in [0.3, 0.4) is 0 Å². The fourth-order valence-electron chi connectivity index (χ4n) is 2.28. The van der Waals surface area contributed by atoms with E-state index in [4.69, 9.17) is 25.8 Å². The standard InChI is InChI=1S/C19H16ClNO5/c20-14-3-1-2-13(10-14)4-7-19(23)26-12-18(22)21-15-5-6-16-17(11-15)25-9-8-24-16/h1-7,10-11H,8-9,12H2,(H,21,22)/b7-4+. The molecule has 0 aliphatic carbocycles. The fourth-order valence-corrected chi connectivity index (χ4v) is 2.48. The fraction of sp³-hybridized carbons (Fsp3) is 0.158. The molecule has 7 heteroatoms. The summed E-state index contributed by atoms with van der Waals surface area (Å²) in [5.74, 6) is 0.121. The number of anilines is 1. The number of ether oxygens (including phenoxy) is 3. The van der Waals surface area contributed by atoms with Crippen molar-refractivity contribution in [3.05, 3.63) is 59.1 Å². The van der Waals surface area contributed by atoms with Gasteiger partial charge in [0, 0.05) is 22.9 Å². The van der Waals surface area contributed by atoms with Gasteiger partial charge in [0.2, 0.25) is 0 Å². The van der Waals surface area contributed by atoms with E-state index in [0.717, 1.165) is 5.56 Å². The van der Waals surface area contributed by atoms with Crippen molar-refractivity contribution in [3.8, 4) is 11.5 Å². The predicted octanol–water partition coefficient (Wildman–Crippen LogP) is 3.31. The summed E-state index contributed by atoms with van der Waals surface area (Å²) in [5.41, 5.74) is 1.29. The lowest BCUT2D eigenvalue weighted by Crippen LogP contribution is -2.20. The molecule has 0 spiro atoms. The maximum absolute atomic E-state index is 11.9. The molecule has 134 valence electrons.